The van der Waals surface area contributed by atoms with E-state index in [0.717, 1.165) is 10.6 Å². The number of nitrogens with zero attached hydrogens (tertiary/aromatic N) is 2. The Balaban J connectivity index is 1.35. The Morgan fingerprint density at radius 1 is 1.19 bits per heavy atom. The molecule has 186 valence electrons. The number of imide groups is 1. The average molecular weight is 508 g/mol. The second-order valence-corrected chi connectivity index (χ2v) is 11.0. The lowest BCUT2D eigenvalue weighted by atomic mass is 9.67. The third-order valence-electron chi connectivity index (χ3n) is 7.59. The summed E-state index contributed by atoms with van der Waals surface area (Å²) in [4.78, 5) is 40.6. The van der Waals surface area contributed by atoms with Crippen molar-refractivity contribution in [1.29, 1.82) is 5.26 Å². The standard InChI is InChI=1S/C27H26FN3O4S/c1-16(32)30-19-4-7-21(8-5-19)36-12-11-27-10-9-26(2,35-27)22-23(27)25(34)31(24(22)33)20-6-3-17(15-29)18(13-20)14-28/h3-8,13,22-23H,9-12,14H2,1-2H3,(H,30,32)/t22-,23+,26?,27?/m0/s1. The summed E-state index contributed by atoms with van der Waals surface area (Å²) in [6, 6.07) is 13.9. The number of carbonyl (C=O) groups is 3. The molecule has 0 radical (unpaired) electrons. The fraction of sp³-hybridized carbons (Fsp3) is 0.407. The van der Waals surface area contributed by atoms with E-state index in [1.165, 1.54) is 30.0 Å². The number of halogens is 1. The van der Waals surface area contributed by atoms with Gasteiger partial charge in [-0.15, -0.1) is 11.8 Å². The molecular formula is C27H26FN3O4S. The molecule has 3 aliphatic heterocycles. The normalized spacial score (nSPS) is 28.3. The number of ether oxygens (including phenoxy) is 1. The minimum absolute atomic E-state index is 0.126. The predicted octanol–water partition coefficient (Wildman–Crippen LogP) is 4.60. The van der Waals surface area contributed by atoms with Crippen LogP contribution in [0, 0.1) is 23.2 Å². The number of thioether (sulfide) groups is 1. The van der Waals surface area contributed by atoms with Crippen molar-refractivity contribution in [3.8, 4) is 6.07 Å². The lowest BCUT2D eigenvalue weighted by molar-refractivity contribution is -0.130. The number of amides is 3. The zero-order chi connectivity index (χ0) is 25.7. The molecule has 0 spiro atoms. The Hall–Kier alpha value is -3.22. The van der Waals surface area contributed by atoms with Crippen LogP contribution in [-0.4, -0.2) is 34.7 Å². The van der Waals surface area contributed by atoms with Crippen LogP contribution in [0.1, 0.15) is 44.2 Å². The van der Waals surface area contributed by atoms with Crippen LogP contribution in [0.15, 0.2) is 47.4 Å². The first kappa shape index (κ1) is 24.5. The summed E-state index contributed by atoms with van der Waals surface area (Å²) in [5.74, 6) is -1.22. The molecule has 1 N–H and O–H groups in total. The fourth-order valence-corrected chi connectivity index (χ4v) is 6.99. The quantitative estimate of drug-likeness (QED) is 0.435. The highest BCUT2D eigenvalue weighted by molar-refractivity contribution is 7.99. The molecule has 7 nitrogen and oxygen atoms in total. The van der Waals surface area contributed by atoms with Gasteiger partial charge in [0.05, 0.1) is 40.4 Å². The molecule has 4 atom stereocenters. The molecule has 0 aromatic heterocycles. The van der Waals surface area contributed by atoms with Crippen LogP contribution >= 0.6 is 11.8 Å². The van der Waals surface area contributed by atoms with Crippen molar-refractivity contribution < 1.29 is 23.5 Å². The van der Waals surface area contributed by atoms with Crippen LogP contribution in [-0.2, 0) is 25.8 Å². The van der Waals surface area contributed by atoms with Crippen LogP contribution in [0.3, 0.4) is 0 Å². The molecule has 36 heavy (non-hydrogen) atoms. The van der Waals surface area contributed by atoms with Crippen molar-refractivity contribution in [2.45, 2.75) is 55.9 Å². The van der Waals surface area contributed by atoms with Crippen molar-refractivity contribution >= 4 is 40.9 Å². The summed E-state index contributed by atoms with van der Waals surface area (Å²) >= 11 is 1.63. The van der Waals surface area contributed by atoms with Gasteiger partial charge in [0.25, 0.3) is 0 Å². The molecule has 3 heterocycles. The Morgan fingerprint density at radius 2 is 1.92 bits per heavy atom. The van der Waals surface area contributed by atoms with Crippen molar-refractivity contribution in [3.05, 3.63) is 53.6 Å². The third kappa shape index (κ3) is 3.89. The minimum atomic E-state index is -0.854. The van der Waals surface area contributed by atoms with Crippen LogP contribution in [0.4, 0.5) is 15.8 Å². The van der Waals surface area contributed by atoms with Gasteiger partial charge in [-0.1, -0.05) is 0 Å². The lowest BCUT2D eigenvalue weighted by Gasteiger charge is -2.31. The number of alkyl halides is 1. The summed E-state index contributed by atoms with van der Waals surface area (Å²) in [5, 5.41) is 11.9. The molecule has 5 rings (SSSR count). The van der Waals surface area contributed by atoms with E-state index in [-0.39, 0.29) is 28.8 Å². The summed E-state index contributed by atoms with van der Waals surface area (Å²) in [5.41, 5.74) is -0.0553. The number of carbonyl (C=O) groups excluding carboxylic acids is 3. The van der Waals surface area contributed by atoms with Gasteiger partial charge in [-0.25, -0.2) is 9.29 Å². The molecule has 2 aromatic rings. The molecule has 3 fully saturated rings. The Labute approximate surface area is 213 Å². The minimum Gasteiger partial charge on any atom is -0.367 e. The molecule has 3 aliphatic rings. The maximum Gasteiger partial charge on any atom is 0.240 e. The van der Waals surface area contributed by atoms with Crippen LogP contribution in [0.5, 0.6) is 0 Å². The van der Waals surface area contributed by atoms with E-state index in [4.69, 9.17) is 4.74 Å². The summed E-state index contributed by atoms with van der Waals surface area (Å²) in [7, 11) is 0. The highest BCUT2D eigenvalue weighted by atomic mass is 32.2. The smallest absolute Gasteiger partial charge is 0.240 e. The number of nitriles is 1. The number of nitrogens with one attached hydrogen (secondary N) is 1. The van der Waals surface area contributed by atoms with Gasteiger partial charge in [-0.2, -0.15) is 5.26 Å². The van der Waals surface area contributed by atoms with Crippen LogP contribution < -0.4 is 10.2 Å². The molecule has 3 amide bonds. The lowest BCUT2D eigenvalue weighted by Crippen LogP contribution is -2.42. The van der Waals surface area contributed by atoms with E-state index < -0.39 is 29.7 Å². The van der Waals surface area contributed by atoms with E-state index in [2.05, 4.69) is 5.32 Å². The number of hydrogen-bond acceptors (Lipinski definition) is 6. The van der Waals surface area contributed by atoms with Crippen molar-refractivity contribution in [2.75, 3.05) is 16.0 Å². The van der Waals surface area contributed by atoms with Gasteiger partial charge in [0.1, 0.15) is 6.67 Å². The fourth-order valence-electron chi connectivity index (χ4n) is 5.98. The van der Waals surface area contributed by atoms with Gasteiger partial charge in [0.2, 0.25) is 17.7 Å². The van der Waals surface area contributed by atoms with Crippen molar-refractivity contribution in [3.63, 3.8) is 0 Å². The molecule has 3 saturated heterocycles. The predicted molar refractivity (Wildman–Crippen MR) is 133 cm³/mol. The summed E-state index contributed by atoms with van der Waals surface area (Å²) in [6.07, 6.45) is 2.00. The van der Waals surface area contributed by atoms with Gasteiger partial charge in [-0.05, 0) is 68.7 Å². The first-order valence-electron chi connectivity index (χ1n) is 11.9. The number of fused-ring (bicyclic) bond motifs is 5. The van der Waals surface area contributed by atoms with E-state index in [9.17, 15) is 24.0 Å². The maximum absolute atomic E-state index is 13.7. The second kappa shape index (κ2) is 9.02. The number of hydrogen-bond donors (Lipinski definition) is 1. The number of anilines is 2. The first-order chi connectivity index (χ1) is 17.2. The Bertz CT molecular complexity index is 1290. The summed E-state index contributed by atoms with van der Waals surface area (Å²) < 4.78 is 20.0. The van der Waals surface area contributed by atoms with E-state index in [1.807, 2.05) is 37.3 Å². The second-order valence-electron chi connectivity index (χ2n) is 9.84. The molecule has 0 aliphatic carbocycles. The van der Waals surface area contributed by atoms with Gasteiger partial charge >= 0.3 is 0 Å². The van der Waals surface area contributed by atoms with E-state index in [0.29, 0.717) is 30.7 Å². The zero-order valence-electron chi connectivity index (χ0n) is 20.0. The van der Waals surface area contributed by atoms with E-state index in [1.54, 1.807) is 11.8 Å². The highest BCUT2D eigenvalue weighted by Gasteiger charge is 2.73. The summed E-state index contributed by atoms with van der Waals surface area (Å²) in [6.45, 7) is 2.52. The van der Waals surface area contributed by atoms with Gasteiger partial charge < -0.3 is 10.1 Å². The Morgan fingerprint density at radius 3 is 2.58 bits per heavy atom. The van der Waals surface area contributed by atoms with Gasteiger partial charge in [0.15, 0.2) is 0 Å². The zero-order valence-corrected chi connectivity index (χ0v) is 20.9. The van der Waals surface area contributed by atoms with E-state index >= 15 is 0 Å². The topological polar surface area (TPSA) is 99.5 Å². The van der Waals surface area contributed by atoms with Crippen molar-refractivity contribution in [2.24, 2.45) is 11.8 Å². The number of rotatable bonds is 7. The highest BCUT2D eigenvalue weighted by Crippen LogP contribution is 2.62. The average Bonchev–Trinajstić information content (AvgIpc) is 3.43. The SMILES string of the molecule is CC(=O)Nc1ccc(SCCC23CCC(C)(O2)[C@@H]2C(=O)N(c4ccc(C#N)c(CF)c4)C(=O)[C@@H]23)cc1. The van der Waals surface area contributed by atoms with Crippen molar-refractivity contribution in [1.82, 2.24) is 0 Å². The molecule has 2 unspecified atom stereocenters. The number of benzene rings is 2. The molecule has 0 saturated carbocycles. The molecule has 2 aromatic carbocycles. The molecule has 2 bridgehead atoms. The third-order valence-corrected chi connectivity index (χ3v) is 8.61. The monoisotopic (exact) mass is 507 g/mol. The molecule has 9 heteroatoms. The van der Waals surface area contributed by atoms with Gasteiger partial charge in [0, 0.05) is 28.8 Å². The maximum atomic E-state index is 13.7. The van der Waals surface area contributed by atoms with Crippen LogP contribution in [0.2, 0.25) is 0 Å². The largest absolute Gasteiger partial charge is 0.367 e. The van der Waals surface area contributed by atoms with Gasteiger partial charge in [-0.3, -0.25) is 14.4 Å². The molecular weight excluding hydrogens is 481 g/mol. The van der Waals surface area contributed by atoms with Crippen LogP contribution in [0.25, 0.3) is 0 Å². The Kier molecular flexibility index (Phi) is 6.13. The first-order valence-corrected chi connectivity index (χ1v) is 12.9.